The van der Waals surface area contributed by atoms with Crippen LogP contribution in [0.2, 0.25) is 0 Å². The minimum atomic E-state index is -0.808. The summed E-state index contributed by atoms with van der Waals surface area (Å²) in [5, 5.41) is 12.1. The molecule has 0 aromatic heterocycles. The van der Waals surface area contributed by atoms with E-state index in [-0.39, 0.29) is 22.9 Å². The quantitative estimate of drug-likeness (QED) is 0.833. The average Bonchev–Trinajstić information content (AvgIpc) is 2.63. The molecular weight excluding hydrogens is 256 g/mol. The van der Waals surface area contributed by atoms with E-state index in [0.29, 0.717) is 25.4 Å². The van der Waals surface area contributed by atoms with E-state index >= 15 is 0 Å². The molecule has 5 nitrogen and oxygen atoms in total. The van der Waals surface area contributed by atoms with Crippen LogP contribution < -0.4 is 5.32 Å². The SMILES string of the molecule is CC1C(C(=O)O)CCN1C(=O)NCC1C(C)(C)C1(C)C. The second-order valence-corrected chi connectivity index (χ2v) is 7.35. The van der Waals surface area contributed by atoms with Crippen LogP contribution in [0.25, 0.3) is 0 Å². The number of rotatable bonds is 3. The zero-order valence-corrected chi connectivity index (χ0v) is 13.1. The van der Waals surface area contributed by atoms with Gasteiger partial charge in [0.2, 0.25) is 0 Å². The molecule has 20 heavy (non-hydrogen) atoms. The number of likely N-dealkylation sites (tertiary alicyclic amines) is 1. The Morgan fingerprint density at radius 2 is 1.80 bits per heavy atom. The van der Waals surface area contributed by atoms with Crippen LogP contribution in [0.1, 0.15) is 41.0 Å². The second-order valence-electron chi connectivity index (χ2n) is 7.35. The van der Waals surface area contributed by atoms with Crippen LogP contribution >= 0.6 is 0 Å². The third kappa shape index (κ3) is 2.17. The minimum absolute atomic E-state index is 0.125. The lowest BCUT2D eigenvalue weighted by Crippen LogP contribution is -2.44. The summed E-state index contributed by atoms with van der Waals surface area (Å²) < 4.78 is 0. The van der Waals surface area contributed by atoms with E-state index in [9.17, 15) is 9.59 Å². The molecule has 0 aromatic rings. The first kappa shape index (κ1) is 15.1. The number of hydrogen-bond donors (Lipinski definition) is 2. The number of carboxylic acid groups (broad SMARTS) is 1. The van der Waals surface area contributed by atoms with E-state index in [0.717, 1.165) is 0 Å². The molecule has 2 amide bonds. The summed E-state index contributed by atoms with van der Waals surface area (Å²) in [5.74, 6) is -0.765. The van der Waals surface area contributed by atoms with Gasteiger partial charge < -0.3 is 15.3 Å². The summed E-state index contributed by atoms with van der Waals surface area (Å²) in [4.78, 5) is 24.9. The molecule has 0 aromatic carbocycles. The minimum Gasteiger partial charge on any atom is -0.481 e. The molecule has 2 N–H and O–H groups in total. The molecule has 1 aliphatic heterocycles. The largest absolute Gasteiger partial charge is 0.481 e. The van der Waals surface area contributed by atoms with Crippen LogP contribution in [0.15, 0.2) is 0 Å². The smallest absolute Gasteiger partial charge is 0.317 e. The molecule has 114 valence electrons. The van der Waals surface area contributed by atoms with Crippen molar-refractivity contribution in [2.45, 2.75) is 47.1 Å². The molecule has 1 saturated carbocycles. The molecule has 0 radical (unpaired) electrons. The van der Waals surface area contributed by atoms with Gasteiger partial charge in [0.05, 0.1) is 5.92 Å². The molecule has 2 fully saturated rings. The number of carboxylic acids is 1. The number of urea groups is 1. The molecule has 5 heteroatoms. The van der Waals surface area contributed by atoms with Crippen molar-refractivity contribution in [2.75, 3.05) is 13.1 Å². The first-order valence-corrected chi connectivity index (χ1v) is 7.38. The summed E-state index contributed by atoms with van der Waals surface area (Å²) in [5.41, 5.74) is 0.501. The second kappa shape index (κ2) is 4.64. The number of carbonyl (C=O) groups excluding carboxylic acids is 1. The predicted octanol–water partition coefficient (Wildman–Crippen LogP) is 2.17. The van der Waals surface area contributed by atoms with Gasteiger partial charge in [0, 0.05) is 19.1 Å². The monoisotopic (exact) mass is 282 g/mol. The van der Waals surface area contributed by atoms with E-state index in [4.69, 9.17) is 5.11 Å². The number of nitrogens with one attached hydrogen (secondary N) is 1. The lowest BCUT2D eigenvalue weighted by Gasteiger charge is -2.23. The third-order valence-electron chi connectivity index (χ3n) is 6.11. The first-order chi connectivity index (χ1) is 9.10. The standard InChI is InChI=1S/C15H26N2O3/c1-9-10(12(18)19)6-7-17(9)13(20)16-8-11-14(2,3)15(11,4)5/h9-11H,6-8H2,1-5H3,(H,16,20)(H,18,19). The number of aliphatic carboxylic acids is 1. The zero-order chi connectivity index (χ0) is 15.3. The first-order valence-electron chi connectivity index (χ1n) is 7.38. The molecule has 1 heterocycles. The summed E-state index contributed by atoms with van der Waals surface area (Å²) in [6.45, 7) is 11.9. The van der Waals surface area contributed by atoms with E-state index in [2.05, 4.69) is 33.0 Å². The summed E-state index contributed by atoms with van der Waals surface area (Å²) in [6, 6.07) is -0.354. The molecule has 1 aliphatic carbocycles. The Morgan fingerprint density at radius 1 is 1.25 bits per heavy atom. The van der Waals surface area contributed by atoms with Gasteiger partial charge in [-0.15, -0.1) is 0 Å². The zero-order valence-electron chi connectivity index (χ0n) is 13.1. The van der Waals surface area contributed by atoms with Crippen molar-refractivity contribution in [3.05, 3.63) is 0 Å². The highest BCUT2D eigenvalue weighted by molar-refractivity contribution is 5.78. The van der Waals surface area contributed by atoms with Crippen molar-refractivity contribution in [1.29, 1.82) is 0 Å². The van der Waals surface area contributed by atoms with Gasteiger partial charge >= 0.3 is 12.0 Å². The molecule has 0 bridgehead atoms. The topological polar surface area (TPSA) is 69.6 Å². The fourth-order valence-corrected chi connectivity index (χ4v) is 3.69. The Hall–Kier alpha value is -1.26. The van der Waals surface area contributed by atoms with Crippen molar-refractivity contribution >= 4 is 12.0 Å². The summed E-state index contributed by atoms with van der Waals surface area (Å²) >= 11 is 0. The van der Waals surface area contributed by atoms with Gasteiger partial charge in [-0.1, -0.05) is 27.7 Å². The van der Waals surface area contributed by atoms with Gasteiger partial charge in [0.25, 0.3) is 0 Å². The maximum atomic E-state index is 12.2. The Morgan fingerprint density at radius 3 is 2.20 bits per heavy atom. The number of hydrogen-bond acceptors (Lipinski definition) is 2. The van der Waals surface area contributed by atoms with Crippen LogP contribution in [0.5, 0.6) is 0 Å². The van der Waals surface area contributed by atoms with Gasteiger partial charge in [-0.25, -0.2) is 4.79 Å². The van der Waals surface area contributed by atoms with Crippen LogP contribution in [-0.4, -0.2) is 41.1 Å². The highest BCUT2D eigenvalue weighted by Crippen LogP contribution is 2.67. The van der Waals surface area contributed by atoms with Crippen LogP contribution in [0.3, 0.4) is 0 Å². The van der Waals surface area contributed by atoms with Crippen LogP contribution in [-0.2, 0) is 4.79 Å². The molecular formula is C15H26N2O3. The van der Waals surface area contributed by atoms with Crippen LogP contribution in [0, 0.1) is 22.7 Å². The third-order valence-corrected chi connectivity index (χ3v) is 6.11. The Bertz CT molecular complexity index is 417. The van der Waals surface area contributed by atoms with Gasteiger partial charge in [-0.2, -0.15) is 0 Å². The molecule has 0 spiro atoms. The Balaban J connectivity index is 1.87. The van der Waals surface area contributed by atoms with Gasteiger partial charge in [-0.3, -0.25) is 4.79 Å². The van der Waals surface area contributed by atoms with Gasteiger partial charge in [-0.05, 0) is 30.1 Å². The van der Waals surface area contributed by atoms with E-state index in [1.807, 2.05) is 6.92 Å². The average molecular weight is 282 g/mol. The lowest BCUT2D eigenvalue weighted by atomic mass is 10.0. The molecule has 1 saturated heterocycles. The van der Waals surface area contributed by atoms with E-state index in [1.165, 1.54) is 0 Å². The Kier molecular flexibility index (Phi) is 3.51. The van der Waals surface area contributed by atoms with Crippen molar-refractivity contribution in [3.63, 3.8) is 0 Å². The predicted molar refractivity (Wildman–Crippen MR) is 76.4 cm³/mol. The van der Waals surface area contributed by atoms with Gasteiger partial charge in [0.15, 0.2) is 0 Å². The van der Waals surface area contributed by atoms with Gasteiger partial charge in [0.1, 0.15) is 0 Å². The van der Waals surface area contributed by atoms with E-state index < -0.39 is 11.9 Å². The lowest BCUT2D eigenvalue weighted by molar-refractivity contribution is -0.142. The molecule has 2 rings (SSSR count). The maximum absolute atomic E-state index is 12.2. The number of carbonyl (C=O) groups is 2. The highest BCUT2D eigenvalue weighted by Gasteiger charge is 2.64. The van der Waals surface area contributed by atoms with Crippen molar-refractivity contribution < 1.29 is 14.7 Å². The number of amides is 2. The van der Waals surface area contributed by atoms with Crippen molar-refractivity contribution in [1.82, 2.24) is 10.2 Å². The maximum Gasteiger partial charge on any atom is 0.317 e. The fourth-order valence-electron chi connectivity index (χ4n) is 3.69. The van der Waals surface area contributed by atoms with Crippen molar-refractivity contribution in [2.24, 2.45) is 22.7 Å². The van der Waals surface area contributed by atoms with E-state index in [1.54, 1.807) is 4.90 Å². The summed E-state index contributed by atoms with van der Waals surface area (Å²) in [6.07, 6.45) is 0.546. The molecule has 2 aliphatic rings. The van der Waals surface area contributed by atoms with Crippen LogP contribution in [0.4, 0.5) is 4.79 Å². The summed E-state index contributed by atoms with van der Waals surface area (Å²) in [7, 11) is 0. The fraction of sp³-hybridized carbons (Fsp3) is 0.867. The highest BCUT2D eigenvalue weighted by atomic mass is 16.4. The molecule has 2 atom stereocenters. The van der Waals surface area contributed by atoms with Crippen molar-refractivity contribution in [3.8, 4) is 0 Å². The Labute approximate surface area is 120 Å². The molecule has 2 unspecified atom stereocenters. The number of nitrogens with zero attached hydrogens (tertiary/aromatic N) is 1. The normalized spacial score (nSPS) is 31.1.